The van der Waals surface area contributed by atoms with E-state index in [4.69, 9.17) is 16.6 Å². The molecule has 1 aromatic heterocycles. The summed E-state index contributed by atoms with van der Waals surface area (Å²) in [5.74, 6) is 1.48. The number of benzene rings is 2. The Balaban J connectivity index is 1.66. The van der Waals surface area contributed by atoms with Gasteiger partial charge < -0.3 is 10.2 Å². The van der Waals surface area contributed by atoms with Crippen LogP contribution >= 0.6 is 11.6 Å². The van der Waals surface area contributed by atoms with Crippen LogP contribution < -0.4 is 10.2 Å². The fourth-order valence-electron chi connectivity index (χ4n) is 3.16. The molecule has 0 fully saturated rings. The Morgan fingerprint density at radius 2 is 2.00 bits per heavy atom. The monoisotopic (exact) mass is 350 g/mol. The van der Waals surface area contributed by atoms with Crippen molar-refractivity contribution in [3.8, 4) is 0 Å². The second-order valence-corrected chi connectivity index (χ2v) is 6.65. The number of rotatable bonds is 3. The van der Waals surface area contributed by atoms with Crippen molar-refractivity contribution < 1.29 is 0 Å². The molecule has 0 radical (unpaired) electrons. The first kappa shape index (κ1) is 15.9. The highest BCUT2D eigenvalue weighted by molar-refractivity contribution is 6.30. The van der Waals surface area contributed by atoms with Crippen LogP contribution in [0.4, 0.5) is 23.1 Å². The van der Waals surface area contributed by atoms with Crippen LogP contribution in [0.3, 0.4) is 0 Å². The third-order valence-electron chi connectivity index (χ3n) is 4.46. The molecular formula is C20H19ClN4. The minimum Gasteiger partial charge on any atom is -0.340 e. The van der Waals surface area contributed by atoms with Gasteiger partial charge in [0.15, 0.2) is 0 Å². The van der Waals surface area contributed by atoms with Crippen LogP contribution in [0, 0.1) is 6.92 Å². The highest BCUT2D eigenvalue weighted by atomic mass is 35.5. The van der Waals surface area contributed by atoms with Crippen LogP contribution in [0.5, 0.6) is 0 Å². The molecule has 2 heterocycles. The SMILES string of the molecule is Cc1ccc(Cl)cc1Nc1ccnc(N2CCCc3ccccc32)n1. The fourth-order valence-corrected chi connectivity index (χ4v) is 3.33. The van der Waals surface area contributed by atoms with Gasteiger partial charge in [0, 0.05) is 29.1 Å². The minimum absolute atomic E-state index is 0.701. The molecule has 0 saturated heterocycles. The summed E-state index contributed by atoms with van der Waals surface area (Å²) >= 11 is 6.11. The number of hydrogen-bond donors (Lipinski definition) is 1. The fraction of sp³-hybridized carbons (Fsp3) is 0.200. The molecule has 3 aromatic rings. The summed E-state index contributed by atoms with van der Waals surface area (Å²) in [6.45, 7) is 2.97. The number of aromatic nitrogens is 2. The Morgan fingerprint density at radius 1 is 1.12 bits per heavy atom. The van der Waals surface area contributed by atoms with Crippen molar-refractivity contribution in [2.75, 3.05) is 16.8 Å². The lowest BCUT2D eigenvalue weighted by molar-refractivity contribution is 0.751. The molecule has 0 amide bonds. The smallest absolute Gasteiger partial charge is 0.231 e. The summed E-state index contributed by atoms with van der Waals surface area (Å²) in [6.07, 6.45) is 4.00. The highest BCUT2D eigenvalue weighted by Crippen LogP contribution is 2.32. The zero-order chi connectivity index (χ0) is 17.2. The molecule has 0 spiro atoms. The van der Waals surface area contributed by atoms with Crippen molar-refractivity contribution in [3.05, 3.63) is 70.9 Å². The number of fused-ring (bicyclic) bond motifs is 1. The van der Waals surface area contributed by atoms with Gasteiger partial charge in [0.1, 0.15) is 5.82 Å². The van der Waals surface area contributed by atoms with Gasteiger partial charge in [-0.3, -0.25) is 0 Å². The van der Waals surface area contributed by atoms with Gasteiger partial charge in [0.05, 0.1) is 0 Å². The predicted octanol–water partition coefficient (Wildman–Crippen LogP) is 5.27. The van der Waals surface area contributed by atoms with E-state index in [-0.39, 0.29) is 0 Å². The molecule has 4 rings (SSSR count). The van der Waals surface area contributed by atoms with E-state index in [1.165, 1.54) is 11.3 Å². The largest absolute Gasteiger partial charge is 0.340 e. The summed E-state index contributed by atoms with van der Waals surface area (Å²) in [5.41, 5.74) is 4.62. The Bertz CT molecular complexity index is 910. The van der Waals surface area contributed by atoms with Gasteiger partial charge in [-0.1, -0.05) is 35.9 Å². The van der Waals surface area contributed by atoms with Crippen molar-refractivity contribution in [2.45, 2.75) is 19.8 Å². The van der Waals surface area contributed by atoms with E-state index in [0.717, 1.165) is 42.4 Å². The minimum atomic E-state index is 0.701. The van der Waals surface area contributed by atoms with E-state index < -0.39 is 0 Å². The normalized spacial score (nSPS) is 13.4. The quantitative estimate of drug-likeness (QED) is 0.699. The molecule has 1 N–H and O–H groups in total. The lowest BCUT2D eigenvalue weighted by atomic mass is 10.0. The molecule has 1 aliphatic heterocycles. The van der Waals surface area contributed by atoms with Crippen LogP contribution in [-0.2, 0) is 6.42 Å². The van der Waals surface area contributed by atoms with Crippen LogP contribution in [0.1, 0.15) is 17.5 Å². The molecule has 1 aliphatic rings. The Labute approximate surface area is 152 Å². The summed E-state index contributed by atoms with van der Waals surface area (Å²) in [7, 11) is 0. The third-order valence-corrected chi connectivity index (χ3v) is 4.69. The van der Waals surface area contributed by atoms with E-state index in [2.05, 4.69) is 39.5 Å². The Morgan fingerprint density at radius 3 is 2.92 bits per heavy atom. The van der Waals surface area contributed by atoms with E-state index in [9.17, 15) is 0 Å². The zero-order valence-electron chi connectivity index (χ0n) is 14.0. The van der Waals surface area contributed by atoms with Crippen LogP contribution in [0.2, 0.25) is 5.02 Å². The predicted molar refractivity (Wildman–Crippen MR) is 103 cm³/mol. The summed E-state index contributed by atoms with van der Waals surface area (Å²) in [5, 5.41) is 4.06. The maximum Gasteiger partial charge on any atom is 0.231 e. The number of aryl methyl sites for hydroxylation is 2. The third kappa shape index (κ3) is 3.30. The first-order valence-electron chi connectivity index (χ1n) is 8.42. The van der Waals surface area contributed by atoms with Gasteiger partial charge in [0.25, 0.3) is 0 Å². The number of para-hydroxylation sites is 1. The maximum atomic E-state index is 6.11. The standard InChI is InChI=1S/C20H19ClN4/c1-14-8-9-16(21)13-17(14)23-19-10-11-22-20(24-19)25-12-4-6-15-5-2-3-7-18(15)25/h2-3,5,7-11,13H,4,6,12H2,1H3,(H,22,23,24). The average Bonchev–Trinajstić information content (AvgIpc) is 2.64. The first-order valence-corrected chi connectivity index (χ1v) is 8.80. The van der Waals surface area contributed by atoms with Gasteiger partial charge in [-0.25, -0.2) is 4.98 Å². The Hall–Kier alpha value is -2.59. The average molecular weight is 351 g/mol. The molecule has 0 unspecified atom stereocenters. The number of nitrogens with one attached hydrogen (secondary N) is 1. The number of hydrogen-bond acceptors (Lipinski definition) is 4. The first-order chi connectivity index (χ1) is 12.2. The summed E-state index contributed by atoms with van der Waals surface area (Å²) < 4.78 is 0. The maximum absolute atomic E-state index is 6.11. The van der Waals surface area contributed by atoms with Gasteiger partial charge in [-0.05, 0) is 55.2 Å². The lowest BCUT2D eigenvalue weighted by Crippen LogP contribution is -2.26. The van der Waals surface area contributed by atoms with Crippen molar-refractivity contribution in [2.24, 2.45) is 0 Å². The van der Waals surface area contributed by atoms with Crippen LogP contribution in [-0.4, -0.2) is 16.5 Å². The van der Waals surface area contributed by atoms with Crippen molar-refractivity contribution in [3.63, 3.8) is 0 Å². The molecule has 0 aliphatic carbocycles. The molecule has 5 heteroatoms. The molecule has 0 bridgehead atoms. The Kier molecular flexibility index (Phi) is 4.28. The molecule has 4 nitrogen and oxygen atoms in total. The van der Waals surface area contributed by atoms with Crippen molar-refractivity contribution >= 4 is 34.7 Å². The van der Waals surface area contributed by atoms with Gasteiger partial charge in [-0.2, -0.15) is 4.98 Å². The molecule has 0 atom stereocenters. The molecule has 0 saturated carbocycles. The molecular weight excluding hydrogens is 332 g/mol. The highest BCUT2D eigenvalue weighted by Gasteiger charge is 2.20. The number of nitrogens with zero attached hydrogens (tertiary/aromatic N) is 3. The molecule has 126 valence electrons. The second kappa shape index (κ2) is 6.73. The van der Waals surface area contributed by atoms with Gasteiger partial charge in [-0.15, -0.1) is 0 Å². The number of anilines is 4. The summed E-state index contributed by atoms with van der Waals surface area (Å²) in [6, 6.07) is 16.1. The molecule has 25 heavy (non-hydrogen) atoms. The van der Waals surface area contributed by atoms with Crippen LogP contribution in [0.15, 0.2) is 54.7 Å². The van der Waals surface area contributed by atoms with E-state index in [1.54, 1.807) is 6.20 Å². The van der Waals surface area contributed by atoms with E-state index in [1.807, 2.05) is 31.2 Å². The topological polar surface area (TPSA) is 41.1 Å². The van der Waals surface area contributed by atoms with Gasteiger partial charge in [0.2, 0.25) is 5.95 Å². The lowest BCUT2D eigenvalue weighted by Gasteiger charge is -2.29. The van der Waals surface area contributed by atoms with Crippen molar-refractivity contribution in [1.82, 2.24) is 9.97 Å². The second-order valence-electron chi connectivity index (χ2n) is 6.21. The van der Waals surface area contributed by atoms with Crippen molar-refractivity contribution in [1.29, 1.82) is 0 Å². The van der Waals surface area contributed by atoms with E-state index >= 15 is 0 Å². The van der Waals surface area contributed by atoms with Gasteiger partial charge >= 0.3 is 0 Å². The van der Waals surface area contributed by atoms with E-state index in [0.29, 0.717) is 5.02 Å². The number of halogens is 1. The zero-order valence-corrected chi connectivity index (χ0v) is 14.8. The van der Waals surface area contributed by atoms with Crippen LogP contribution in [0.25, 0.3) is 0 Å². The summed E-state index contributed by atoms with van der Waals surface area (Å²) in [4.78, 5) is 11.4. The molecule has 2 aromatic carbocycles.